The van der Waals surface area contributed by atoms with Gasteiger partial charge in [0.2, 0.25) is 0 Å². The molecule has 0 amide bonds. The highest BCUT2D eigenvalue weighted by Crippen LogP contribution is 2.09. The zero-order valence-electron chi connectivity index (χ0n) is 9.46. The van der Waals surface area contributed by atoms with Crippen LogP contribution in [0.2, 0.25) is 0 Å². The Morgan fingerprint density at radius 3 is 2.88 bits per heavy atom. The number of nitrogens with zero attached hydrogens (tertiary/aromatic N) is 1. The van der Waals surface area contributed by atoms with Crippen molar-refractivity contribution in [1.82, 2.24) is 5.32 Å². The molecular weight excluding hydrogens is 207 g/mol. The van der Waals surface area contributed by atoms with E-state index in [0.717, 1.165) is 0 Å². The normalized spacial score (nSPS) is 12.1. The van der Waals surface area contributed by atoms with E-state index in [1.165, 1.54) is 6.07 Å². The molecule has 0 heterocycles. The fraction of sp³-hybridized carbons (Fsp3) is 0.417. The topological polar surface area (TPSA) is 45.0 Å². The van der Waals surface area contributed by atoms with Crippen LogP contribution in [0, 0.1) is 17.1 Å². The zero-order valence-corrected chi connectivity index (χ0v) is 9.46. The molecule has 0 aromatic heterocycles. The number of nitriles is 1. The van der Waals surface area contributed by atoms with Gasteiger partial charge in [-0.05, 0) is 19.1 Å². The molecule has 0 aliphatic heterocycles. The monoisotopic (exact) mass is 222 g/mol. The van der Waals surface area contributed by atoms with Crippen LogP contribution in [0.5, 0.6) is 0 Å². The average molecular weight is 222 g/mol. The third kappa shape index (κ3) is 3.61. The molecule has 1 N–H and O–H groups in total. The summed E-state index contributed by atoms with van der Waals surface area (Å²) in [4.78, 5) is 0. The fourth-order valence-electron chi connectivity index (χ4n) is 1.35. The number of ether oxygens (including phenoxy) is 1. The highest BCUT2D eigenvalue weighted by Gasteiger charge is 2.05. The van der Waals surface area contributed by atoms with Crippen molar-refractivity contribution in [3.8, 4) is 6.07 Å². The summed E-state index contributed by atoms with van der Waals surface area (Å²) in [5.41, 5.74) is 0.896. The molecule has 0 saturated carbocycles. The largest absolute Gasteiger partial charge is 0.383 e. The lowest BCUT2D eigenvalue weighted by Crippen LogP contribution is -2.29. The molecule has 86 valence electrons. The van der Waals surface area contributed by atoms with Crippen molar-refractivity contribution >= 4 is 0 Å². The van der Waals surface area contributed by atoms with Gasteiger partial charge in [0, 0.05) is 25.3 Å². The van der Waals surface area contributed by atoms with E-state index in [1.54, 1.807) is 19.2 Å². The molecule has 1 atom stereocenters. The van der Waals surface area contributed by atoms with Crippen LogP contribution < -0.4 is 5.32 Å². The van der Waals surface area contributed by atoms with Gasteiger partial charge in [-0.1, -0.05) is 6.07 Å². The van der Waals surface area contributed by atoms with Crippen LogP contribution in [0.25, 0.3) is 0 Å². The first-order valence-corrected chi connectivity index (χ1v) is 5.08. The van der Waals surface area contributed by atoms with Gasteiger partial charge in [0.15, 0.2) is 0 Å². The van der Waals surface area contributed by atoms with Crippen molar-refractivity contribution in [1.29, 1.82) is 5.26 Å². The Balaban J connectivity index is 2.58. The molecule has 4 heteroatoms. The Morgan fingerprint density at radius 2 is 2.31 bits per heavy atom. The first-order valence-electron chi connectivity index (χ1n) is 5.08. The molecule has 0 spiro atoms. The SMILES string of the molecule is COCC(C)NCc1ccc(C#N)cc1F. The van der Waals surface area contributed by atoms with Crippen LogP contribution in [0.1, 0.15) is 18.1 Å². The molecule has 1 unspecified atom stereocenters. The van der Waals surface area contributed by atoms with E-state index in [1.807, 2.05) is 13.0 Å². The van der Waals surface area contributed by atoms with Gasteiger partial charge < -0.3 is 10.1 Å². The van der Waals surface area contributed by atoms with Crippen LogP contribution in [0.15, 0.2) is 18.2 Å². The maximum absolute atomic E-state index is 13.5. The van der Waals surface area contributed by atoms with E-state index in [0.29, 0.717) is 24.3 Å². The second kappa shape index (κ2) is 6.21. The number of hydrogen-bond donors (Lipinski definition) is 1. The molecular formula is C12H15FN2O. The Kier molecular flexibility index (Phi) is 4.90. The summed E-state index contributed by atoms with van der Waals surface area (Å²) in [6, 6.07) is 6.55. The van der Waals surface area contributed by atoms with Gasteiger partial charge in [-0.3, -0.25) is 0 Å². The average Bonchev–Trinajstić information content (AvgIpc) is 2.27. The van der Waals surface area contributed by atoms with Crippen LogP contribution in [0.3, 0.4) is 0 Å². The van der Waals surface area contributed by atoms with Gasteiger partial charge in [-0.15, -0.1) is 0 Å². The molecule has 1 rings (SSSR count). The number of benzene rings is 1. The lowest BCUT2D eigenvalue weighted by molar-refractivity contribution is 0.171. The van der Waals surface area contributed by atoms with Crippen molar-refractivity contribution < 1.29 is 9.13 Å². The quantitative estimate of drug-likeness (QED) is 0.826. The third-order valence-corrected chi connectivity index (χ3v) is 2.24. The lowest BCUT2D eigenvalue weighted by atomic mass is 10.1. The molecule has 1 aromatic rings. The van der Waals surface area contributed by atoms with Crippen molar-refractivity contribution in [2.75, 3.05) is 13.7 Å². The summed E-state index contributed by atoms with van der Waals surface area (Å²) in [6.45, 7) is 2.98. The molecule has 0 saturated heterocycles. The highest BCUT2D eigenvalue weighted by atomic mass is 19.1. The summed E-state index contributed by atoms with van der Waals surface area (Å²) in [5, 5.41) is 11.7. The molecule has 0 bridgehead atoms. The first-order chi connectivity index (χ1) is 7.67. The number of nitrogens with one attached hydrogen (secondary N) is 1. The van der Waals surface area contributed by atoms with E-state index < -0.39 is 0 Å². The number of halogens is 1. The smallest absolute Gasteiger partial charge is 0.129 e. The lowest BCUT2D eigenvalue weighted by Gasteiger charge is -2.12. The van der Waals surface area contributed by atoms with E-state index in [-0.39, 0.29) is 11.9 Å². The maximum atomic E-state index is 13.5. The molecule has 16 heavy (non-hydrogen) atoms. The molecule has 0 aliphatic rings. The van der Waals surface area contributed by atoms with Gasteiger partial charge >= 0.3 is 0 Å². The third-order valence-electron chi connectivity index (χ3n) is 2.24. The van der Waals surface area contributed by atoms with Crippen molar-refractivity contribution in [2.24, 2.45) is 0 Å². The van der Waals surface area contributed by atoms with Gasteiger partial charge in [0.1, 0.15) is 5.82 Å². The minimum atomic E-state index is -0.351. The highest BCUT2D eigenvalue weighted by molar-refractivity contribution is 5.32. The second-order valence-corrected chi connectivity index (χ2v) is 3.66. The van der Waals surface area contributed by atoms with Crippen molar-refractivity contribution in [2.45, 2.75) is 19.5 Å². The number of methoxy groups -OCH3 is 1. The standard InChI is InChI=1S/C12H15FN2O/c1-9(8-16-2)15-7-11-4-3-10(6-14)5-12(11)13/h3-5,9,15H,7-8H2,1-2H3. The van der Waals surface area contributed by atoms with Crippen LogP contribution >= 0.6 is 0 Å². The predicted molar refractivity (Wildman–Crippen MR) is 59.3 cm³/mol. The Bertz CT molecular complexity index is 387. The van der Waals surface area contributed by atoms with Crippen LogP contribution in [0.4, 0.5) is 4.39 Å². The van der Waals surface area contributed by atoms with Crippen molar-refractivity contribution in [3.05, 3.63) is 35.1 Å². The van der Waals surface area contributed by atoms with E-state index >= 15 is 0 Å². The Hall–Kier alpha value is -1.44. The molecule has 0 fully saturated rings. The minimum Gasteiger partial charge on any atom is -0.383 e. The number of hydrogen-bond acceptors (Lipinski definition) is 3. The second-order valence-electron chi connectivity index (χ2n) is 3.66. The Labute approximate surface area is 94.8 Å². The van der Waals surface area contributed by atoms with Gasteiger partial charge in [-0.2, -0.15) is 5.26 Å². The minimum absolute atomic E-state index is 0.167. The molecule has 0 radical (unpaired) electrons. The Morgan fingerprint density at radius 1 is 1.56 bits per heavy atom. The summed E-state index contributed by atoms with van der Waals surface area (Å²) >= 11 is 0. The molecule has 0 aliphatic carbocycles. The van der Waals surface area contributed by atoms with E-state index in [4.69, 9.17) is 10.00 Å². The van der Waals surface area contributed by atoms with Gasteiger partial charge in [0.05, 0.1) is 18.2 Å². The predicted octanol–water partition coefficient (Wildman–Crippen LogP) is 1.82. The van der Waals surface area contributed by atoms with Crippen LogP contribution in [-0.4, -0.2) is 19.8 Å². The van der Waals surface area contributed by atoms with Crippen LogP contribution in [-0.2, 0) is 11.3 Å². The van der Waals surface area contributed by atoms with E-state index in [2.05, 4.69) is 5.32 Å². The summed E-state index contributed by atoms with van der Waals surface area (Å²) in [6.07, 6.45) is 0. The maximum Gasteiger partial charge on any atom is 0.129 e. The summed E-state index contributed by atoms with van der Waals surface area (Å²) in [5.74, 6) is -0.351. The first kappa shape index (κ1) is 12.6. The van der Waals surface area contributed by atoms with Gasteiger partial charge in [-0.25, -0.2) is 4.39 Å². The zero-order chi connectivity index (χ0) is 12.0. The molecule has 1 aromatic carbocycles. The summed E-state index contributed by atoms with van der Waals surface area (Å²) in [7, 11) is 1.63. The van der Waals surface area contributed by atoms with Crippen molar-refractivity contribution in [3.63, 3.8) is 0 Å². The van der Waals surface area contributed by atoms with E-state index in [9.17, 15) is 4.39 Å². The number of rotatable bonds is 5. The molecule has 3 nitrogen and oxygen atoms in total. The van der Waals surface area contributed by atoms with Gasteiger partial charge in [0.25, 0.3) is 0 Å². The fourth-order valence-corrected chi connectivity index (χ4v) is 1.35. The summed E-state index contributed by atoms with van der Waals surface area (Å²) < 4.78 is 18.4.